The van der Waals surface area contributed by atoms with Crippen LogP contribution in [0.2, 0.25) is 0 Å². The number of carbonyl (C=O) groups excluding carboxylic acids is 1. The van der Waals surface area contributed by atoms with Crippen molar-refractivity contribution in [1.82, 2.24) is 10.2 Å². The van der Waals surface area contributed by atoms with E-state index in [9.17, 15) is 4.79 Å². The van der Waals surface area contributed by atoms with Crippen molar-refractivity contribution < 1.29 is 4.79 Å². The van der Waals surface area contributed by atoms with Crippen LogP contribution in [0.15, 0.2) is 18.2 Å². The van der Waals surface area contributed by atoms with Crippen molar-refractivity contribution in [3.05, 3.63) is 34.9 Å². The molecule has 1 amide bonds. The first-order valence-electron chi connectivity index (χ1n) is 6.62. The van der Waals surface area contributed by atoms with Crippen LogP contribution in [0.4, 0.5) is 0 Å². The van der Waals surface area contributed by atoms with E-state index in [0.29, 0.717) is 5.92 Å². The number of rotatable bonds is 3. The van der Waals surface area contributed by atoms with Gasteiger partial charge in [-0.3, -0.25) is 4.79 Å². The largest absolute Gasteiger partial charge is 0.338 e. The molecule has 0 aliphatic carbocycles. The van der Waals surface area contributed by atoms with Crippen LogP contribution in [0.25, 0.3) is 0 Å². The van der Waals surface area contributed by atoms with Crippen molar-refractivity contribution in [3.8, 4) is 0 Å². The van der Waals surface area contributed by atoms with Crippen molar-refractivity contribution in [2.75, 3.05) is 26.7 Å². The van der Waals surface area contributed by atoms with E-state index in [1.807, 2.05) is 37.9 Å². The average molecular weight is 283 g/mol. The summed E-state index contributed by atoms with van der Waals surface area (Å²) in [7, 11) is 1.97. The fourth-order valence-corrected chi connectivity index (χ4v) is 2.75. The molecule has 1 aliphatic rings. The number of nitrogens with zero attached hydrogens (tertiary/aromatic N) is 1. The number of nitrogens with one attached hydrogen (secondary N) is 1. The molecule has 3 nitrogen and oxygen atoms in total. The standard InChI is InChI=1S/C15H22N2O.ClH/c1-11-6-12(2)8-14(7-11)15(18)17-5-4-13(10-17)9-16-3;/h6-8,13,16H,4-5,9-10H2,1-3H3;1H. The van der Waals surface area contributed by atoms with Crippen LogP contribution in [0, 0.1) is 19.8 Å². The molecule has 1 heterocycles. The lowest BCUT2D eigenvalue weighted by Gasteiger charge is -2.17. The van der Waals surface area contributed by atoms with E-state index in [1.54, 1.807) is 0 Å². The SMILES string of the molecule is CNCC1CCN(C(=O)c2cc(C)cc(C)c2)C1.Cl. The zero-order valence-electron chi connectivity index (χ0n) is 11.9. The predicted molar refractivity (Wildman–Crippen MR) is 81.1 cm³/mol. The first-order chi connectivity index (χ1) is 8.60. The molecular formula is C15H23ClN2O. The fraction of sp³-hybridized carbons (Fsp3) is 0.533. The van der Waals surface area contributed by atoms with Gasteiger partial charge in [-0.25, -0.2) is 0 Å². The summed E-state index contributed by atoms with van der Waals surface area (Å²) in [6.07, 6.45) is 1.11. The molecule has 1 saturated heterocycles. The summed E-state index contributed by atoms with van der Waals surface area (Å²) in [5.74, 6) is 0.783. The fourth-order valence-electron chi connectivity index (χ4n) is 2.75. The Morgan fingerprint density at radius 3 is 2.53 bits per heavy atom. The third-order valence-corrected chi connectivity index (χ3v) is 3.53. The Balaban J connectivity index is 0.00000180. The lowest BCUT2D eigenvalue weighted by atomic mass is 10.1. The molecule has 19 heavy (non-hydrogen) atoms. The average Bonchev–Trinajstić information content (AvgIpc) is 2.76. The second kappa shape index (κ2) is 6.92. The minimum atomic E-state index is 0. The summed E-state index contributed by atoms with van der Waals surface area (Å²) in [4.78, 5) is 14.4. The number of carbonyl (C=O) groups is 1. The Bertz CT molecular complexity index is 428. The summed E-state index contributed by atoms with van der Waals surface area (Å²) >= 11 is 0. The molecule has 1 aliphatic heterocycles. The van der Waals surface area contributed by atoms with Gasteiger partial charge in [0.1, 0.15) is 0 Å². The van der Waals surface area contributed by atoms with E-state index in [2.05, 4.69) is 11.4 Å². The Hall–Kier alpha value is -1.06. The van der Waals surface area contributed by atoms with Gasteiger partial charge in [0, 0.05) is 18.7 Å². The Kier molecular flexibility index (Phi) is 5.83. The van der Waals surface area contributed by atoms with Crippen molar-refractivity contribution >= 4 is 18.3 Å². The van der Waals surface area contributed by atoms with Crippen molar-refractivity contribution in [1.29, 1.82) is 0 Å². The minimum absolute atomic E-state index is 0. The highest BCUT2D eigenvalue weighted by Crippen LogP contribution is 2.19. The summed E-state index contributed by atoms with van der Waals surface area (Å²) < 4.78 is 0. The van der Waals surface area contributed by atoms with Gasteiger partial charge in [0.15, 0.2) is 0 Å². The highest BCUT2D eigenvalue weighted by molar-refractivity contribution is 5.94. The Morgan fingerprint density at radius 2 is 1.95 bits per heavy atom. The Morgan fingerprint density at radius 1 is 1.32 bits per heavy atom. The second-order valence-electron chi connectivity index (χ2n) is 5.34. The molecule has 0 spiro atoms. The topological polar surface area (TPSA) is 32.3 Å². The molecule has 1 N–H and O–H groups in total. The van der Waals surface area contributed by atoms with Gasteiger partial charge in [0.25, 0.3) is 5.91 Å². The number of benzene rings is 1. The van der Waals surface area contributed by atoms with Crippen molar-refractivity contribution in [3.63, 3.8) is 0 Å². The summed E-state index contributed by atoms with van der Waals surface area (Å²) in [5, 5.41) is 3.19. The number of halogens is 1. The summed E-state index contributed by atoms with van der Waals surface area (Å²) in [6, 6.07) is 6.08. The maximum atomic E-state index is 12.4. The first kappa shape index (κ1) is 16.0. The first-order valence-corrected chi connectivity index (χ1v) is 6.62. The molecule has 0 saturated carbocycles. The van der Waals surface area contributed by atoms with Crippen LogP contribution in [0.5, 0.6) is 0 Å². The maximum absolute atomic E-state index is 12.4. The van der Waals surface area contributed by atoms with E-state index < -0.39 is 0 Å². The van der Waals surface area contributed by atoms with Crippen LogP contribution in [-0.4, -0.2) is 37.5 Å². The van der Waals surface area contributed by atoms with Gasteiger partial charge in [-0.05, 0) is 51.9 Å². The number of hydrogen-bond acceptors (Lipinski definition) is 2. The lowest BCUT2D eigenvalue weighted by molar-refractivity contribution is 0.0787. The minimum Gasteiger partial charge on any atom is -0.338 e. The van der Waals surface area contributed by atoms with Gasteiger partial charge >= 0.3 is 0 Å². The normalized spacial score (nSPS) is 18.3. The number of aryl methyl sites for hydroxylation is 2. The van der Waals surface area contributed by atoms with Crippen molar-refractivity contribution in [2.45, 2.75) is 20.3 Å². The summed E-state index contributed by atoms with van der Waals surface area (Å²) in [5.41, 5.74) is 3.14. The quantitative estimate of drug-likeness (QED) is 0.923. The van der Waals surface area contributed by atoms with Gasteiger partial charge in [-0.15, -0.1) is 12.4 Å². The number of likely N-dealkylation sites (tertiary alicyclic amines) is 1. The zero-order chi connectivity index (χ0) is 13.1. The van der Waals surface area contributed by atoms with Gasteiger partial charge in [0.2, 0.25) is 0 Å². The van der Waals surface area contributed by atoms with Gasteiger partial charge in [-0.2, -0.15) is 0 Å². The van der Waals surface area contributed by atoms with Crippen LogP contribution >= 0.6 is 12.4 Å². The Labute approximate surface area is 121 Å². The molecule has 0 radical (unpaired) electrons. The van der Waals surface area contributed by atoms with E-state index in [4.69, 9.17) is 0 Å². The number of amides is 1. The van der Waals surface area contributed by atoms with E-state index in [0.717, 1.165) is 42.7 Å². The molecule has 1 aromatic rings. The molecular weight excluding hydrogens is 260 g/mol. The van der Waals surface area contributed by atoms with Crippen molar-refractivity contribution in [2.24, 2.45) is 5.92 Å². The molecule has 1 unspecified atom stereocenters. The molecule has 4 heteroatoms. The monoisotopic (exact) mass is 282 g/mol. The molecule has 106 valence electrons. The molecule has 2 rings (SSSR count). The van der Waals surface area contributed by atoms with Crippen LogP contribution in [-0.2, 0) is 0 Å². The number of hydrogen-bond donors (Lipinski definition) is 1. The van der Waals surface area contributed by atoms with E-state index in [-0.39, 0.29) is 18.3 Å². The van der Waals surface area contributed by atoms with Gasteiger partial charge < -0.3 is 10.2 Å². The smallest absolute Gasteiger partial charge is 0.253 e. The molecule has 0 aromatic heterocycles. The molecule has 1 aromatic carbocycles. The molecule has 0 bridgehead atoms. The highest BCUT2D eigenvalue weighted by Gasteiger charge is 2.26. The van der Waals surface area contributed by atoms with Crippen LogP contribution in [0.3, 0.4) is 0 Å². The third-order valence-electron chi connectivity index (χ3n) is 3.53. The van der Waals surface area contributed by atoms with Gasteiger partial charge in [-0.1, -0.05) is 17.2 Å². The second-order valence-corrected chi connectivity index (χ2v) is 5.34. The van der Waals surface area contributed by atoms with Gasteiger partial charge in [0.05, 0.1) is 0 Å². The predicted octanol–water partition coefficient (Wildman–Crippen LogP) is 2.41. The maximum Gasteiger partial charge on any atom is 0.253 e. The highest BCUT2D eigenvalue weighted by atomic mass is 35.5. The molecule has 1 atom stereocenters. The van der Waals surface area contributed by atoms with Crippen LogP contribution in [0.1, 0.15) is 27.9 Å². The lowest BCUT2D eigenvalue weighted by Crippen LogP contribution is -2.30. The zero-order valence-corrected chi connectivity index (χ0v) is 12.7. The van der Waals surface area contributed by atoms with E-state index in [1.165, 1.54) is 0 Å². The molecule has 1 fully saturated rings. The van der Waals surface area contributed by atoms with E-state index >= 15 is 0 Å². The summed E-state index contributed by atoms with van der Waals surface area (Å²) in [6.45, 7) is 6.84. The third kappa shape index (κ3) is 3.95. The van der Waals surface area contributed by atoms with Crippen LogP contribution < -0.4 is 5.32 Å².